The quantitative estimate of drug-likeness (QED) is 0.730. The molecule has 0 radical (unpaired) electrons. The van der Waals surface area contributed by atoms with E-state index in [4.69, 9.17) is 0 Å². The highest BCUT2D eigenvalue weighted by atomic mass is 16.2. The lowest BCUT2D eigenvalue weighted by molar-refractivity contribution is -0.133. The molecule has 5 heteroatoms. The largest absolute Gasteiger partial charge is 0.340 e. The van der Waals surface area contributed by atoms with Gasteiger partial charge in [-0.3, -0.25) is 14.5 Å². The van der Waals surface area contributed by atoms with Crippen LogP contribution in [-0.4, -0.2) is 46.9 Å². The Kier molecular flexibility index (Phi) is 5.76. The van der Waals surface area contributed by atoms with Crippen LogP contribution in [0.3, 0.4) is 0 Å². The molecule has 2 aromatic carbocycles. The third-order valence-electron chi connectivity index (χ3n) is 5.67. The van der Waals surface area contributed by atoms with Gasteiger partial charge in [-0.05, 0) is 42.0 Å². The first-order valence-corrected chi connectivity index (χ1v) is 10.2. The van der Waals surface area contributed by atoms with E-state index in [-0.39, 0.29) is 11.5 Å². The Morgan fingerprint density at radius 2 is 1.76 bits per heavy atom. The minimum Gasteiger partial charge on any atom is -0.340 e. The summed E-state index contributed by atoms with van der Waals surface area (Å²) < 4.78 is 0. The van der Waals surface area contributed by atoms with Crippen LogP contribution in [0.5, 0.6) is 0 Å². The molecule has 150 valence electrons. The SMILES string of the molecule is Cc1ccc2cc(CN3CCN(C(=O)CCc4ccccc4)CC3)c(=O)[nH]c2c1. The van der Waals surface area contributed by atoms with Crippen LogP contribution in [0.2, 0.25) is 0 Å². The minimum absolute atomic E-state index is 0.0236. The predicted molar refractivity (Wildman–Crippen MR) is 116 cm³/mol. The topological polar surface area (TPSA) is 56.4 Å². The van der Waals surface area contributed by atoms with Gasteiger partial charge in [0.25, 0.3) is 5.56 Å². The van der Waals surface area contributed by atoms with Crippen molar-refractivity contribution in [1.82, 2.24) is 14.8 Å². The molecular weight excluding hydrogens is 362 g/mol. The third kappa shape index (κ3) is 4.74. The molecule has 1 fully saturated rings. The third-order valence-corrected chi connectivity index (χ3v) is 5.67. The Balaban J connectivity index is 1.32. The fraction of sp³-hybridized carbons (Fsp3) is 0.333. The Bertz CT molecular complexity index is 1050. The Morgan fingerprint density at radius 3 is 2.52 bits per heavy atom. The van der Waals surface area contributed by atoms with E-state index in [1.807, 2.05) is 48.2 Å². The Hall–Kier alpha value is -2.92. The maximum atomic E-state index is 12.5. The molecule has 0 aliphatic carbocycles. The second kappa shape index (κ2) is 8.62. The number of hydrogen-bond acceptors (Lipinski definition) is 3. The fourth-order valence-corrected chi connectivity index (χ4v) is 3.93. The number of nitrogens with zero attached hydrogens (tertiary/aromatic N) is 2. The molecule has 0 spiro atoms. The van der Waals surface area contributed by atoms with Crippen LogP contribution >= 0.6 is 0 Å². The van der Waals surface area contributed by atoms with Gasteiger partial charge < -0.3 is 9.88 Å². The van der Waals surface area contributed by atoms with Crippen molar-refractivity contribution < 1.29 is 4.79 Å². The number of benzene rings is 2. The van der Waals surface area contributed by atoms with Gasteiger partial charge in [0.05, 0.1) is 0 Å². The molecule has 1 N–H and O–H groups in total. The number of amides is 1. The van der Waals surface area contributed by atoms with E-state index in [1.54, 1.807) is 0 Å². The number of rotatable bonds is 5. The van der Waals surface area contributed by atoms with E-state index in [1.165, 1.54) is 5.56 Å². The van der Waals surface area contributed by atoms with Gasteiger partial charge in [-0.1, -0.05) is 42.5 Å². The zero-order valence-electron chi connectivity index (χ0n) is 16.9. The molecular formula is C24H27N3O2. The highest BCUT2D eigenvalue weighted by Crippen LogP contribution is 2.15. The summed E-state index contributed by atoms with van der Waals surface area (Å²) in [7, 11) is 0. The van der Waals surface area contributed by atoms with Gasteiger partial charge in [0, 0.05) is 50.2 Å². The lowest BCUT2D eigenvalue weighted by Gasteiger charge is -2.34. The van der Waals surface area contributed by atoms with Crippen LogP contribution in [0, 0.1) is 6.92 Å². The smallest absolute Gasteiger partial charge is 0.252 e. The van der Waals surface area contributed by atoms with E-state index >= 15 is 0 Å². The molecule has 0 saturated carbocycles. The van der Waals surface area contributed by atoms with E-state index in [2.05, 4.69) is 28.1 Å². The zero-order valence-corrected chi connectivity index (χ0v) is 16.9. The number of pyridine rings is 1. The number of carbonyl (C=O) groups excluding carboxylic acids is 1. The Labute approximate surface area is 171 Å². The average Bonchev–Trinajstić information content (AvgIpc) is 2.74. The summed E-state index contributed by atoms with van der Waals surface area (Å²) in [5, 5.41) is 1.06. The number of hydrogen-bond donors (Lipinski definition) is 1. The lowest BCUT2D eigenvalue weighted by atomic mass is 10.1. The molecule has 1 aliphatic heterocycles. The van der Waals surface area contributed by atoms with E-state index < -0.39 is 0 Å². The second-order valence-electron chi connectivity index (χ2n) is 7.86. The molecule has 1 aromatic heterocycles. The summed E-state index contributed by atoms with van der Waals surface area (Å²) in [6.07, 6.45) is 1.33. The van der Waals surface area contributed by atoms with Crippen LogP contribution in [0.1, 0.15) is 23.1 Å². The summed E-state index contributed by atoms with van der Waals surface area (Å²) >= 11 is 0. The highest BCUT2D eigenvalue weighted by molar-refractivity contribution is 5.79. The minimum atomic E-state index is -0.0236. The van der Waals surface area contributed by atoms with Crippen molar-refractivity contribution in [3.05, 3.63) is 81.6 Å². The van der Waals surface area contributed by atoms with Crippen LogP contribution in [0.25, 0.3) is 10.9 Å². The first-order chi connectivity index (χ1) is 14.1. The molecule has 2 heterocycles. The highest BCUT2D eigenvalue weighted by Gasteiger charge is 2.21. The van der Waals surface area contributed by atoms with Gasteiger partial charge in [-0.2, -0.15) is 0 Å². The van der Waals surface area contributed by atoms with Gasteiger partial charge in [-0.25, -0.2) is 0 Å². The van der Waals surface area contributed by atoms with Crippen LogP contribution in [0.15, 0.2) is 59.4 Å². The number of aryl methyl sites for hydroxylation is 2. The summed E-state index contributed by atoms with van der Waals surface area (Å²) in [6.45, 7) is 5.67. The number of H-pyrrole nitrogens is 1. The number of fused-ring (bicyclic) bond motifs is 1. The van der Waals surface area contributed by atoms with Gasteiger partial charge in [0.2, 0.25) is 5.91 Å². The summed E-state index contributed by atoms with van der Waals surface area (Å²) in [4.78, 5) is 32.2. The molecule has 1 amide bonds. The predicted octanol–water partition coefficient (Wildman–Crippen LogP) is 3.11. The fourth-order valence-electron chi connectivity index (χ4n) is 3.93. The van der Waals surface area contributed by atoms with Crippen molar-refractivity contribution in [1.29, 1.82) is 0 Å². The molecule has 1 saturated heterocycles. The Morgan fingerprint density at radius 1 is 1.00 bits per heavy atom. The van der Waals surface area contributed by atoms with Gasteiger partial charge in [-0.15, -0.1) is 0 Å². The average molecular weight is 389 g/mol. The number of piperazine rings is 1. The van der Waals surface area contributed by atoms with Gasteiger partial charge >= 0.3 is 0 Å². The molecule has 5 nitrogen and oxygen atoms in total. The second-order valence-corrected chi connectivity index (χ2v) is 7.86. The van der Waals surface area contributed by atoms with E-state index in [0.717, 1.165) is 54.6 Å². The van der Waals surface area contributed by atoms with Crippen molar-refractivity contribution in [3.8, 4) is 0 Å². The first-order valence-electron chi connectivity index (χ1n) is 10.2. The molecule has 29 heavy (non-hydrogen) atoms. The summed E-state index contributed by atoms with van der Waals surface area (Å²) in [6, 6.07) is 18.2. The van der Waals surface area contributed by atoms with Crippen molar-refractivity contribution in [3.63, 3.8) is 0 Å². The molecule has 4 rings (SSSR count). The first kappa shape index (κ1) is 19.4. The van der Waals surface area contributed by atoms with Gasteiger partial charge in [0.1, 0.15) is 0 Å². The van der Waals surface area contributed by atoms with E-state index in [9.17, 15) is 9.59 Å². The van der Waals surface area contributed by atoms with Gasteiger partial charge in [0.15, 0.2) is 0 Å². The lowest BCUT2D eigenvalue weighted by Crippen LogP contribution is -2.48. The maximum absolute atomic E-state index is 12.5. The standard InChI is InChI=1S/C24H27N3O2/c1-18-7-9-20-16-21(24(29)25-22(20)15-18)17-26-11-13-27(14-12-26)23(28)10-8-19-5-3-2-4-6-19/h2-7,9,15-16H,8,10-14,17H2,1H3,(H,25,29). The van der Waals surface area contributed by atoms with Crippen LogP contribution in [0.4, 0.5) is 0 Å². The molecule has 1 aliphatic rings. The molecule has 0 bridgehead atoms. The number of aromatic nitrogens is 1. The molecule has 0 unspecified atom stereocenters. The number of nitrogens with one attached hydrogen (secondary N) is 1. The number of aromatic amines is 1. The van der Waals surface area contributed by atoms with Crippen LogP contribution in [-0.2, 0) is 17.8 Å². The maximum Gasteiger partial charge on any atom is 0.252 e. The van der Waals surface area contributed by atoms with Crippen LogP contribution < -0.4 is 5.56 Å². The zero-order chi connectivity index (χ0) is 20.2. The molecule has 0 atom stereocenters. The monoisotopic (exact) mass is 389 g/mol. The molecule has 3 aromatic rings. The van der Waals surface area contributed by atoms with Crippen molar-refractivity contribution in [2.75, 3.05) is 26.2 Å². The van der Waals surface area contributed by atoms with Crippen molar-refractivity contribution in [2.45, 2.75) is 26.3 Å². The van der Waals surface area contributed by atoms with Crippen molar-refractivity contribution >= 4 is 16.8 Å². The number of carbonyl (C=O) groups is 1. The van der Waals surface area contributed by atoms with E-state index in [0.29, 0.717) is 13.0 Å². The summed E-state index contributed by atoms with van der Waals surface area (Å²) in [5.74, 6) is 0.215. The normalized spacial score (nSPS) is 15.0. The van der Waals surface area contributed by atoms with Crippen molar-refractivity contribution in [2.24, 2.45) is 0 Å². The summed E-state index contributed by atoms with van der Waals surface area (Å²) in [5.41, 5.74) is 3.97.